The Bertz CT molecular complexity index is 1990. The lowest BCUT2D eigenvalue weighted by molar-refractivity contribution is -0.268. The van der Waals surface area contributed by atoms with Gasteiger partial charge < -0.3 is 19.9 Å². The highest BCUT2D eigenvalue weighted by atomic mass is 32.2. The van der Waals surface area contributed by atoms with Crippen LogP contribution in [-0.4, -0.2) is 53.0 Å². The summed E-state index contributed by atoms with van der Waals surface area (Å²) in [6.45, 7) is 2.07. The average molecular weight is 646 g/mol. The van der Waals surface area contributed by atoms with E-state index in [1.54, 1.807) is 4.68 Å². The third-order valence-corrected chi connectivity index (χ3v) is 9.05. The molecule has 1 amide bonds. The predicted molar refractivity (Wildman–Crippen MR) is 177 cm³/mol. The Labute approximate surface area is 275 Å². The van der Waals surface area contributed by atoms with Crippen molar-refractivity contribution in [1.82, 2.24) is 30.2 Å². The molecule has 1 aliphatic heterocycles. The van der Waals surface area contributed by atoms with Gasteiger partial charge in [0.25, 0.3) is 5.91 Å². The Morgan fingerprint density at radius 1 is 0.915 bits per heavy atom. The standard InChI is InChI=1S/C35H31N7O4S/c1-22-31(21-47-35-39-40-41-42(35)27-10-3-2-4-11-27)45-34(46-32(22)24-16-14-23(20-43)15-17-24)25-8-7-9-26(18-25)37-33(44)30-19-36-28-12-5-6-13-29(28)38-30/h2-19,22,31-32,34,43H,20-21H2,1H3,(H,37,44). The molecule has 0 aliphatic carbocycles. The summed E-state index contributed by atoms with van der Waals surface area (Å²) in [4.78, 5) is 22.0. The maximum Gasteiger partial charge on any atom is 0.275 e. The summed E-state index contributed by atoms with van der Waals surface area (Å²) in [7, 11) is 0. The van der Waals surface area contributed by atoms with Gasteiger partial charge in [-0.3, -0.25) is 9.78 Å². The number of aromatic nitrogens is 6. The zero-order valence-electron chi connectivity index (χ0n) is 25.4. The maximum atomic E-state index is 13.1. The van der Waals surface area contributed by atoms with Gasteiger partial charge in [0, 0.05) is 22.9 Å². The van der Waals surface area contributed by atoms with Crippen LogP contribution < -0.4 is 5.32 Å². The zero-order chi connectivity index (χ0) is 32.2. The second-order valence-electron chi connectivity index (χ2n) is 11.2. The van der Waals surface area contributed by atoms with Crippen LogP contribution >= 0.6 is 11.8 Å². The number of carbonyl (C=O) groups excluding carboxylic acids is 1. The minimum Gasteiger partial charge on any atom is -0.392 e. The van der Waals surface area contributed by atoms with Gasteiger partial charge in [0.15, 0.2) is 6.29 Å². The van der Waals surface area contributed by atoms with Crippen molar-refractivity contribution in [2.75, 3.05) is 11.1 Å². The molecule has 4 unspecified atom stereocenters. The monoisotopic (exact) mass is 645 g/mol. The van der Waals surface area contributed by atoms with E-state index in [2.05, 4.69) is 37.7 Å². The first kappa shape index (κ1) is 30.6. The molecule has 236 valence electrons. The number of thioether (sulfide) groups is 1. The first-order valence-electron chi connectivity index (χ1n) is 15.2. The molecule has 1 saturated heterocycles. The molecule has 7 rings (SSSR count). The minimum absolute atomic E-state index is 0.0332. The lowest BCUT2D eigenvalue weighted by atomic mass is 9.91. The molecule has 11 nitrogen and oxygen atoms in total. The Morgan fingerprint density at radius 2 is 1.70 bits per heavy atom. The Hall–Kier alpha value is -5.01. The van der Waals surface area contributed by atoms with Crippen molar-refractivity contribution in [3.05, 3.63) is 132 Å². The highest BCUT2D eigenvalue weighted by Crippen LogP contribution is 2.43. The molecule has 2 N–H and O–H groups in total. The van der Waals surface area contributed by atoms with Crippen molar-refractivity contribution in [3.63, 3.8) is 0 Å². The van der Waals surface area contributed by atoms with E-state index in [0.29, 0.717) is 22.1 Å². The molecule has 4 aromatic carbocycles. The maximum absolute atomic E-state index is 13.1. The predicted octanol–water partition coefficient (Wildman–Crippen LogP) is 5.93. The molecular formula is C35H31N7O4S. The lowest BCUT2D eigenvalue weighted by Gasteiger charge is -2.41. The largest absolute Gasteiger partial charge is 0.392 e. The molecule has 47 heavy (non-hydrogen) atoms. The van der Waals surface area contributed by atoms with Crippen LogP contribution in [0.5, 0.6) is 0 Å². The van der Waals surface area contributed by atoms with Crippen LogP contribution in [0.25, 0.3) is 16.7 Å². The van der Waals surface area contributed by atoms with Gasteiger partial charge in [-0.1, -0.05) is 85.4 Å². The number of ether oxygens (including phenoxy) is 2. The molecule has 0 radical (unpaired) electrons. The van der Waals surface area contributed by atoms with E-state index in [0.717, 1.165) is 27.9 Å². The van der Waals surface area contributed by atoms with E-state index < -0.39 is 6.29 Å². The van der Waals surface area contributed by atoms with Crippen LogP contribution in [0.3, 0.4) is 0 Å². The van der Waals surface area contributed by atoms with Crippen molar-refractivity contribution in [1.29, 1.82) is 0 Å². The molecule has 0 spiro atoms. The van der Waals surface area contributed by atoms with Gasteiger partial charge in [0.2, 0.25) is 5.16 Å². The van der Waals surface area contributed by atoms with Gasteiger partial charge in [-0.25, -0.2) is 4.98 Å². The van der Waals surface area contributed by atoms with E-state index in [1.807, 2.05) is 103 Å². The van der Waals surface area contributed by atoms with Crippen LogP contribution in [0.15, 0.2) is 114 Å². The normalized spacial score (nSPS) is 19.4. The highest BCUT2D eigenvalue weighted by Gasteiger charge is 2.38. The minimum atomic E-state index is -0.721. The molecule has 4 atom stereocenters. The first-order chi connectivity index (χ1) is 23.1. The number of aliphatic hydroxyl groups excluding tert-OH is 1. The number of anilines is 1. The van der Waals surface area contributed by atoms with Crippen molar-refractivity contribution in [2.24, 2.45) is 5.92 Å². The van der Waals surface area contributed by atoms with E-state index in [-0.39, 0.29) is 36.3 Å². The van der Waals surface area contributed by atoms with Crippen LogP contribution in [0.2, 0.25) is 0 Å². The number of tetrazole rings is 1. The molecule has 3 heterocycles. The fourth-order valence-electron chi connectivity index (χ4n) is 5.49. The molecule has 1 fully saturated rings. The molecule has 2 aromatic heterocycles. The summed E-state index contributed by atoms with van der Waals surface area (Å²) in [5.74, 6) is 0.164. The smallest absolute Gasteiger partial charge is 0.275 e. The summed E-state index contributed by atoms with van der Waals surface area (Å²) in [5, 5.41) is 25.5. The van der Waals surface area contributed by atoms with Crippen LogP contribution in [0, 0.1) is 5.92 Å². The quantitative estimate of drug-likeness (QED) is 0.182. The molecule has 0 saturated carbocycles. The van der Waals surface area contributed by atoms with Crippen molar-refractivity contribution in [3.8, 4) is 5.69 Å². The number of aliphatic hydroxyl groups is 1. The number of carbonyl (C=O) groups is 1. The lowest BCUT2D eigenvalue weighted by Crippen LogP contribution is -2.38. The molecular weight excluding hydrogens is 614 g/mol. The van der Waals surface area contributed by atoms with E-state index in [1.165, 1.54) is 18.0 Å². The first-order valence-corrected chi connectivity index (χ1v) is 16.1. The van der Waals surface area contributed by atoms with Gasteiger partial charge in [-0.2, -0.15) is 4.68 Å². The van der Waals surface area contributed by atoms with Crippen molar-refractivity contribution >= 4 is 34.4 Å². The number of nitrogens with zero attached hydrogens (tertiary/aromatic N) is 6. The average Bonchev–Trinajstić information content (AvgIpc) is 3.60. The number of hydrogen-bond donors (Lipinski definition) is 2. The van der Waals surface area contributed by atoms with Gasteiger partial charge in [0.05, 0.1) is 41.7 Å². The molecule has 6 aromatic rings. The van der Waals surface area contributed by atoms with Gasteiger partial charge in [-0.05, 0) is 58.0 Å². The number of amides is 1. The third kappa shape index (κ3) is 6.76. The SMILES string of the molecule is CC1C(CSc2nnnn2-c2ccccc2)OC(c2cccc(NC(=O)c3cnc4ccccc4n3)c2)OC1c1ccc(CO)cc1. The summed E-state index contributed by atoms with van der Waals surface area (Å²) < 4.78 is 15.0. The van der Waals surface area contributed by atoms with Crippen LogP contribution in [-0.2, 0) is 16.1 Å². The third-order valence-electron chi connectivity index (χ3n) is 8.04. The van der Waals surface area contributed by atoms with Gasteiger partial charge in [-0.15, -0.1) is 5.10 Å². The Kier molecular flexibility index (Phi) is 8.98. The van der Waals surface area contributed by atoms with E-state index in [4.69, 9.17) is 9.47 Å². The van der Waals surface area contributed by atoms with Crippen molar-refractivity contribution in [2.45, 2.75) is 37.2 Å². The molecule has 0 bridgehead atoms. The topological polar surface area (TPSA) is 137 Å². The molecule has 12 heteroatoms. The summed E-state index contributed by atoms with van der Waals surface area (Å²) in [6.07, 6.45) is 0.206. The van der Waals surface area contributed by atoms with Crippen molar-refractivity contribution < 1.29 is 19.4 Å². The van der Waals surface area contributed by atoms with E-state index in [9.17, 15) is 9.90 Å². The van der Waals surface area contributed by atoms with Crippen LogP contribution in [0.4, 0.5) is 5.69 Å². The van der Waals surface area contributed by atoms with E-state index >= 15 is 0 Å². The summed E-state index contributed by atoms with van der Waals surface area (Å²) >= 11 is 1.51. The number of benzene rings is 4. The fourth-order valence-corrected chi connectivity index (χ4v) is 6.55. The number of nitrogens with one attached hydrogen (secondary N) is 1. The van der Waals surface area contributed by atoms with Crippen LogP contribution in [0.1, 0.15) is 46.5 Å². The number of para-hydroxylation sites is 3. The summed E-state index contributed by atoms with van der Waals surface area (Å²) in [5.41, 5.74) is 5.58. The number of rotatable bonds is 9. The molecule has 1 aliphatic rings. The number of fused-ring (bicyclic) bond motifs is 1. The van der Waals surface area contributed by atoms with Gasteiger partial charge >= 0.3 is 0 Å². The summed E-state index contributed by atoms with van der Waals surface area (Å²) in [6, 6.07) is 32.3. The Balaban J connectivity index is 1.13. The number of hydrogen-bond acceptors (Lipinski definition) is 10. The fraction of sp³-hybridized carbons (Fsp3) is 0.200. The Morgan fingerprint density at radius 3 is 2.51 bits per heavy atom. The van der Waals surface area contributed by atoms with Gasteiger partial charge in [0.1, 0.15) is 5.69 Å². The second kappa shape index (κ2) is 13.8. The zero-order valence-corrected chi connectivity index (χ0v) is 26.2. The highest BCUT2D eigenvalue weighted by molar-refractivity contribution is 7.99. The second-order valence-corrected chi connectivity index (χ2v) is 12.2.